The van der Waals surface area contributed by atoms with Crippen molar-refractivity contribution in [1.29, 1.82) is 0 Å². The fraction of sp³-hybridized carbons (Fsp3) is 0.516. The average Bonchev–Trinajstić information content (AvgIpc) is 3.68. The standard InChI is InChI=1S/C31H39N9O2S/c1-37-16-17-38(2)30(42)26(37)20-9-11-22(12-10-20)33-27-28-32-13-15-40(28)36-31(35-27)39-14-5-7-23(19-39)34-29(41)25-18-21-6-3-4-8-24(21)43-25/h9-13,15,18,21,23-24,26H,3-8,14,16-17,19H2,1-2H3,(H,34,41)(H,33,35,36). The summed E-state index contributed by atoms with van der Waals surface area (Å²) in [6, 6.07) is 7.70. The van der Waals surface area contributed by atoms with Crippen molar-refractivity contribution in [1.82, 2.24) is 34.7 Å². The predicted octanol–water partition coefficient (Wildman–Crippen LogP) is 3.59. The lowest BCUT2D eigenvalue weighted by Crippen LogP contribution is -2.48. The monoisotopic (exact) mass is 601 g/mol. The molecule has 3 aliphatic heterocycles. The van der Waals surface area contributed by atoms with Gasteiger partial charge in [0.25, 0.3) is 5.91 Å². The first kappa shape index (κ1) is 28.1. The number of rotatable bonds is 6. The molecule has 0 bridgehead atoms. The van der Waals surface area contributed by atoms with E-state index < -0.39 is 0 Å². The Hall–Kier alpha value is -3.64. The van der Waals surface area contributed by atoms with Gasteiger partial charge < -0.3 is 20.4 Å². The van der Waals surface area contributed by atoms with Crippen LogP contribution in [0.2, 0.25) is 0 Å². The number of imidazole rings is 1. The number of allylic oxidation sites excluding steroid dienone is 1. The number of carbonyl (C=O) groups is 2. The Bertz CT molecular complexity index is 1540. The molecule has 0 spiro atoms. The average molecular weight is 602 g/mol. The van der Waals surface area contributed by atoms with Gasteiger partial charge in [0.05, 0.1) is 4.91 Å². The highest BCUT2D eigenvalue weighted by atomic mass is 32.2. The molecule has 5 heterocycles. The van der Waals surface area contributed by atoms with Crippen LogP contribution in [-0.2, 0) is 9.59 Å². The molecule has 4 aliphatic rings. The molecule has 2 amide bonds. The van der Waals surface area contributed by atoms with E-state index in [1.807, 2.05) is 44.6 Å². The molecule has 4 unspecified atom stereocenters. The molecule has 2 aromatic heterocycles. The number of anilines is 3. The maximum atomic E-state index is 13.2. The van der Waals surface area contributed by atoms with Gasteiger partial charge in [-0.2, -0.15) is 4.98 Å². The fourth-order valence-electron chi connectivity index (χ4n) is 6.78. The van der Waals surface area contributed by atoms with Crippen molar-refractivity contribution in [3.63, 3.8) is 0 Å². The Labute approximate surface area is 256 Å². The second kappa shape index (κ2) is 11.8. The highest BCUT2D eigenvalue weighted by Crippen LogP contribution is 2.44. The third-order valence-electron chi connectivity index (χ3n) is 9.23. The van der Waals surface area contributed by atoms with Crippen molar-refractivity contribution < 1.29 is 9.59 Å². The Balaban J connectivity index is 1.05. The lowest BCUT2D eigenvalue weighted by Gasteiger charge is -2.37. The van der Waals surface area contributed by atoms with Crippen LogP contribution in [0.5, 0.6) is 0 Å². The molecule has 3 aromatic rings. The summed E-state index contributed by atoms with van der Waals surface area (Å²) in [5.74, 6) is 1.94. The minimum absolute atomic E-state index is 0.0380. The van der Waals surface area contributed by atoms with Crippen molar-refractivity contribution in [2.45, 2.75) is 55.9 Å². The van der Waals surface area contributed by atoms with E-state index in [2.05, 4.69) is 31.5 Å². The van der Waals surface area contributed by atoms with Crippen LogP contribution < -0.4 is 15.5 Å². The number of carbonyl (C=O) groups excluding carboxylic acids is 2. The van der Waals surface area contributed by atoms with E-state index in [0.717, 1.165) is 48.6 Å². The molecular formula is C31H39N9O2S. The number of likely N-dealkylation sites (N-methyl/N-ethyl adjacent to an activating group) is 2. The number of benzene rings is 1. The zero-order chi connectivity index (χ0) is 29.5. The first-order valence-electron chi connectivity index (χ1n) is 15.4. The Morgan fingerprint density at radius 2 is 1.86 bits per heavy atom. The molecule has 1 aliphatic carbocycles. The SMILES string of the molecule is CN1CCN(C)C(c2ccc(Nc3nc(N4CCCC(NC(=O)C5=CC6CCCCC6S5)C4)nn4ccnc34)cc2)C1=O. The number of amides is 2. The van der Waals surface area contributed by atoms with Crippen molar-refractivity contribution in [2.24, 2.45) is 5.92 Å². The van der Waals surface area contributed by atoms with E-state index >= 15 is 0 Å². The molecule has 1 aromatic carbocycles. The van der Waals surface area contributed by atoms with Gasteiger partial charge >= 0.3 is 0 Å². The summed E-state index contributed by atoms with van der Waals surface area (Å²) in [6.45, 7) is 3.05. The maximum absolute atomic E-state index is 13.2. The topological polar surface area (TPSA) is 111 Å². The fourth-order valence-corrected chi connectivity index (χ4v) is 8.20. The third-order valence-corrected chi connectivity index (χ3v) is 10.7. The quantitative estimate of drug-likeness (QED) is 0.438. The van der Waals surface area contributed by atoms with Crippen molar-refractivity contribution >= 4 is 46.7 Å². The van der Waals surface area contributed by atoms with Crippen LogP contribution >= 0.6 is 11.8 Å². The highest BCUT2D eigenvalue weighted by molar-refractivity contribution is 8.04. The second-order valence-corrected chi connectivity index (χ2v) is 13.5. The minimum atomic E-state index is -0.280. The number of hydrogen-bond donors (Lipinski definition) is 2. The molecule has 43 heavy (non-hydrogen) atoms. The van der Waals surface area contributed by atoms with Crippen LogP contribution in [0.25, 0.3) is 5.65 Å². The van der Waals surface area contributed by atoms with E-state index in [9.17, 15) is 9.59 Å². The number of nitrogens with zero attached hydrogens (tertiary/aromatic N) is 7. The summed E-state index contributed by atoms with van der Waals surface area (Å²) in [5, 5.41) is 12.1. The molecule has 7 rings (SSSR count). The number of piperazine rings is 1. The van der Waals surface area contributed by atoms with Crippen molar-refractivity contribution in [3.05, 3.63) is 53.2 Å². The van der Waals surface area contributed by atoms with Crippen LogP contribution in [0, 0.1) is 5.92 Å². The third kappa shape index (κ3) is 5.70. The van der Waals surface area contributed by atoms with Crippen LogP contribution in [0.3, 0.4) is 0 Å². The molecule has 226 valence electrons. The van der Waals surface area contributed by atoms with E-state index in [-0.39, 0.29) is 23.9 Å². The molecule has 3 fully saturated rings. The summed E-state index contributed by atoms with van der Waals surface area (Å²) in [7, 11) is 3.85. The number of fused-ring (bicyclic) bond motifs is 2. The summed E-state index contributed by atoms with van der Waals surface area (Å²) in [4.78, 5) is 42.3. The Morgan fingerprint density at radius 3 is 2.70 bits per heavy atom. The number of piperidine rings is 1. The zero-order valence-corrected chi connectivity index (χ0v) is 25.6. The molecule has 2 saturated heterocycles. The van der Waals surface area contributed by atoms with Gasteiger partial charge in [-0.15, -0.1) is 16.9 Å². The van der Waals surface area contributed by atoms with Crippen molar-refractivity contribution in [3.8, 4) is 0 Å². The van der Waals surface area contributed by atoms with Gasteiger partial charge in [-0.3, -0.25) is 14.5 Å². The molecular weight excluding hydrogens is 562 g/mol. The van der Waals surface area contributed by atoms with Gasteiger partial charge in [-0.1, -0.05) is 31.1 Å². The summed E-state index contributed by atoms with van der Waals surface area (Å²) in [6.07, 6.45) is 12.6. The van der Waals surface area contributed by atoms with Gasteiger partial charge in [-0.05, 0) is 56.3 Å². The van der Waals surface area contributed by atoms with Gasteiger partial charge in [0.1, 0.15) is 6.04 Å². The zero-order valence-electron chi connectivity index (χ0n) is 24.8. The second-order valence-electron chi connectivity index (χ2n) is 12.2. The van der Waals surface area contributed by atoms with E-state index in [4.69, 9.17) is 10.1 Å². The van der Waals surface area contributed by atoms with E-state index in [0.29, 0.717) is 35.1 Å². The molecule has 11 nitrogen and oxygen atoms in total. The summed E-state index contributed by atoms with van der Waals surface area (Å²) < 4.78 is 1.74. The Kier molecular flexibility index (Phi) is 7.72. The van der Waals surface area contributed by atoms with E-state index in [1.165, 1.54) is 25.7 Å². The smallest absolute Gasteiger partial charge is 0.257 e. The molecule has 12 heteroatoms. The molecule has 2 N–H and O–H groups in total. The summed E-state index contributed by atoms with van der Waals surface area (Å²) in [5.41, 5.74) is 2.44. The first-order chi connectivity index (χ1) is 20.9. The lowest BCUT2D eigenvalue weighted by atomic mass is 9.89. The summed E-state index contributed by atoms with van der Waals surface area (Å²) >= 11 is 1.77. The number of nitrogens with one attached hydrogen (secondary N) is 2. The number of thioether (sulfide) groups is 1. The van der Waals surface area contributed by atoms with Crippen LogP contribution in [0.1, 0.15) is 50.1 Å². The van der Waals surface area contributed by atoms with Crippen LogP contribution in [-0.4, -0.2) is 92.8 Å². The molecule has 4 atom stereocenters. The highest BCUT2D eigenvalue weighted by Gasteiger charge is 2.35. The largest absolute Gasteiger partial charge is 0.347 e. The number of hydrogen-bond acceptors (Lipinski definition) is 9. The first-order valence-corrected chi connectivity index (χ1v) is 16.3. The van der Waals surface area contributed by atoms with Crippen molar-refractivity contribution in [2.75, 3.05) is 50.5 Å². The van der Waals surface area contributed by atoms with Crippen LogP contribution in [0.4, 0.5) is 17.5 Å². The molecule has 1 saturated carbocycles. The Morgan fingerprint density at radius 1 is 1.02 bits per heavy atom. The number of aromatic nitrogens is 4. The van der Waals surface area contributed by atoms with E-state index in [1.54, 1.807) is 27.4 Å². The normalized spacial score (nSPS) is 26.4. The van der Waals surface area contributed by atoms with Gasteiger partial charge in [0.15, 0.2) is 11.5 Å². The molecule has 0 radical (unpaired) electrons. The van der Waals surface area contributed by atoms with Gasteiger partial charge in [0.2, 0.25) is 11.9 Å². The van der Waals surface area contributed by atoms with Crippen LogP contribution in [0.15, 0.2) is 47.6 Å². The van der Waals surface area contributed by atoms with Gasteiger partial charge in [-0.25, -0.2) is 9.50 Å². The predicted molar refractivity (Wildman–Crippen MR) is 168 cm³/mol. The minimum Gasteiger partial charge on any atom is -0.347 e. The maximum Gasteiger partial charge on any atom is 0.257 e. The van der Waals surface area contributed by atoms with Gasteiger partial charge in [0, 0.05) is 62.6 Å². The lowest BCUT2D eigenvalue weighted by molar-refractivity contribution is -0.139.